The minimum absolute atomic E-state index is 0.732. The van der Waals surface area contributed by atoms with Gasteiger partial charge in [-0.2, -0.15) is 0 Å². The maximum atomic E-state index is 6.24. The van der Waals surface area contributed by atoms with Crippen LogP contribution in [0.15, 0.2) is 18.2 Å². The summed E-state index contributed by atoms with van der Waals surface area (Å²) >= 11 is 6.24. The largest absolute Gasteiger partial charge is 0.493 e. The molecule has 0 saturated heterocycles. The predicted octanol–water partition coefficient (Wildman–Crippen LogP) is 4.02. The first-order valence-corrected chi connectivity index (χ1v) is 7.30. The predicted molar refractivity (Wildman–Crippen MR) is 76.3 cm³/mol. The number of nitrogens with one attached hydrogen (secondary N) is 1. The number of hydrogen-bond acceptors (Lipinski definition) is 2. The van der Waals surface area contributed by atoms with Crippen molar-refractivity contribution in [3.05, 3.63) is 28.8 Å². The number of halogens is 1. The Bertz CT molecular complexity index is 375. The molecule has 1 aromatic rings. The van der Waals surface area contributed by atoms with Crippen LogP contribution in [0, 0.1) is 5.92 Å². The zero-order chi connectivity index (χ0) is 12.8. The monoisotopic (exact) mass is 267 g/mol. The highest BCUT2D eigenvalue weighted by molar-refractivity contribution is 6.31. The van der Waals surface area contributed by atoms with E-state index >= 15 is 0 Å². The van der Waals surface area contributed by atoms with Crippen molar-refractivity contribution >= 4 is 11.6 Å². The molecule has 100 valence electrons. The lowest BCUT2D eigenvalue weighted by atomic mass is 10.1. The fourth-order valence-electron chi connectivity index (χ4n) is 2.48. The van der Waals surface area contributed by atoms with Crippen LogP contribution in [0.5, 0.6) is 5.75 Å². The number of hydrogen-bond donors (Lipinski definition) is 1. The van der Waals surface area contributed by atoms with Gasteiger partial charge in [0, 0.05) is 17.1 Å². The van der Waals surface area contributed by atoms with Crippen molar-refractivity contribution in [3.8, 4) is 5.75 Å². The molecular weight excluding hydrogens is 246 g/mol. The average molecular weight is 268 g/mol. The normalized spacial score (nSPS) is 16.1. The lowest BCUT2D eigenvalue weighted by Gasteiger charge is -2.16. The van der Waals surface area contributed by atoms with E-state index in [-0.39, 0.29) is 0 Å². The van der Waals surface area contributed by atoms with Gasteiger partial charge in [-0.05, 0) is 37.4 Å². The molecule has 0 amide bonds. The lowest BCUT2D eigenvalue weighted by Crippen LogP contribution is -2.15. The van der Waals surface area contributed by atoms with Crippen LogP contribution in [0.4, 0.5) is 0 Å². The van der Waals surface area contributed by atoms with Gasteiger partial charge in [-0.1, -0.05) is 37.4 Å². The van der Waals surface area contributed by atoms with Crippen LogP contribution in [-0.2, 0) is 6.54 Å². The summed E-state index contributed by atoms with van der Waals surface area (Å²) in [6.45, 7) is 4.64. The molecule has 2 nitrogen and oxygen atoms in total. The highest BCUT2D eigenvalue weighted by Crippen LogP contribution is 2.29. The zero-order valence-corrected chi connectivity index (χ0v) is 11.8. The van der Waals surface area contributed by atoms with Gasteiger partial charge in [0.25, 0.3) is 0 Å². The molecule has 0 radical (unpaired) electrons. The molecule has 0 atom stereocenters. The SMILES string of the molecule is CCNCc1c(Cl)cccc1OCC1CCCC1. The van der Waals surface area contributed by atoms with E-state index in [2.05, 4.69) is 12.2 Å². The van der Waals surface area contributed by atoms with Crippen molar-refractivity contribution in [2.45, 2.75) is 39.2 Å². The molecule has 0 bridgehead atoms. The standard InChI is InChI=1S/C15H22ClNO/c1-2-17-10-13-14(16)8-5-9-15(13)18-11-12-6-3-4-7-12/h5,8-9,12,17H,2-4,6-7,10-11H2,1H3. The topological polar surface area (TPSA) is 21.3 Å². The highest BCUT2D eigenvalue weighted by Gasteiger charge is 2.16. The first-order chi connectivity index (χ1) is 8.81. The van der Waals surface area contributed by atoms with Crippen molar-refractivity contribution < 1.29 is 4.74 Å². The van der Waals surface area contributed by atoms with Gasteiger partial charge in [-0.25, -0.2) is 0 Å². The Hall–Kier alpha value is -0.730. The molecule has 0 heterocycles. The van der Waals surface area contributed by atoms with Crippen molar-refractivity contribution in [3.63, 3.8) is 0 Å². The van der Waals surface area contributed by atoms with Crippen molar-refractivity contribution in [1.82, 2.24) is 5.32 Å². The fourth-order valence-corrected chi connectivity index (χ4v) is 2.71. The van der Waals surface area contributed by atoms with Gasteiger partial charge in [0.05, 0.1) is 6.61 Å². The van der Waals surface area contributed by atoms with Crippen LogP contribution >= 0.6 is 11.6 Å². The van der Waals surface area contributed by atoms with Gasteiger partial charge in [0.2, 0.25) is 0 Å². The third kappa shape index (κ3) is 3.63. The Morgan fingerprint density at radius 1 is 1.33 bits per heavy atom. The second-order valence-electron chi connectivity index (χ2n) is 4.96. The maximum Gasteiger partial charge on any atom is 0.125 e. The van der Waals surface area contributed by atoms with Gasteiger partial charge in [0.15, 0.2) is 0 Å². The van der Waals surface area contributed by atoms with Crippen LogP contribution in [-0.4, -0.2) is 13.2 Å². The van der Waals surface area contributed by atoms with Crippen molar-refractivity contribution in [2.75, 3.05) is 13.2 Å². The van der Waals surface area contributed by atoms with Gasteiger partial charge < -0.3 is 10.1 Å². The summed E-state index contributed by atoms with van der Waals surface area (Å²) in [6, 6.07) is 5.91. The fraction of sp³-hybridized carbons (Fsp3) is 0.600. The third-order valence-electron chi connectivity index (χ3n) is 3.58. The summed E-state index contributed by atoms with van der Waals surface area (Å²) in [6.07, 6.45) is 5.33. The Kier molecular flexibility index (Phi) is 5.33. The van der Waals surface area contributed by atoms with E-state index in [0.29, 0.717) is 0 Å². The molecule has 0 aromatic heterocycles. The van der Waals surface area contributed by atoms with Gasteiger partial charge in [-0.15, -0.1) is 0 Å². The summed E-state index contributed by atoms with van der Waals surface area (Å²) in [4.78, 5) is 0. The van der Waals surface area contributed by atoms with Crippen LogP contribution in [0.2, 0.25) is 5.02 Å². The zero-order valence-electron chi connectivity index (χ0n) is 11.0. The van der Waals surface area contributed by atoms with E-state index < -0.39 is 0 Å². The lowest BCUT2D eigenvalue weighted by molar-refractivity contribution is 0.249. The van der Waals surface area contributed by atoms with E-state index in [1.54, 1.807) is 0 Å². The van der Waals surface area contributed by atoms with Crippen LogP contribution in [0.25, 0.3) is 0 Å². The molecule has 1 aliphatic rings. The molecule has 0 aliphatic heterocycles. The maximum absolute atomic E-state index is 6.24. The molecule has 1 saturated carbocycles. The first-order valence-electron chi connectivity index (χ1n) is 6.92. The van der Waals surface area contributed by atoms with Gasteiger partial charge >= 0.3 is 0 Å². The van der Waals surface area contributed by atoms with Crippen LogP contribution in [0.3, 0.4) is 0 Å². The molecule has 18 heavy (non-hydrogen) atoms. The van der Waals surface area contributed by atoms with E-state index in [1.165, 1.54) is 25.7 Å². The summed E-state index contributed by atoms with van der Waals surface area (Å²) in [5.41, 5.74) is 1.08. The molecule has 1 aromatic carbocycles. The molecule has 1 N–H and O–H groups in total. The summed E-state index contributed by atoms with van der Waals surface area (Å²) in [7, 11) is 0. The minimum Gasteiger partial charge on any atom is -0.493 e. The van der Waals surface area contributed by atoms with Crippen molar-refractivity contribution in [2.24, 2.45) is 5.92 Å². The highest BCUT2D eigenvalue weighted by atomic mass is 35.5. The average Bonchev–Trinajstić information content (AvgIpc) is 2.88. The quantitative estimate of drug-likeness (QED) is 0.841. The molecule has 1 fully saturated rings. The van der Waals surface area contributed by atoms with Gasteiger partial charge in [-0.3, -0.25) is 0 Å². The molecular formula is C15H22ClNO. The van der Waals surface area contributed by atoms with Crippen molar-refractivity contribution in [1.29, 1.82) is 0 Å². The van der Waals surface area contributed by atoms with Crippen LogP contribution < -0.4 is 10.1 Å². The van der Waals surface area contributed by atoms with Crippen LogP contribution in [0.1, 0.15) is 38.2 Å². The summed E-state index contributed by atoms with van der Waals surface area (Å²) in [5.74, 6) is 1.67. The van der Waals surface area contributed by atoms with E-state index in [0.717, 1.165) is 41.9 Å². The second kappa shape index (κ2) is 7.01. The minimum atomic E-state index is 0.732. The molecule has 0 unspecified atom stereocenters. The Labute approximate surface area is 115 Å². The Balaban J connectivity index is 1.98. The van der Waals surface area contributed by atoms with E-state index in [9.17, 15) is 0 Å². The first kappa shape index (κ1) is 13.7. The summed E-state index contributed by atoms with van der Waals surface area (Å²) in [5, 5.41) is 4.10. The van der Waals surface area contributed by atoms with Gasteiger partial charge in [0.1, 0.15) is 5.75 Å². The van der Waals surface area contributed by atoms with E-state index in [4.69, 9.17) is 16.3 Å². The molecule has 3 heteroatoms. The third-order valence-corrected chi connectivity index (χ3v) is 3.93. The Morgan fingerprint density at radius 2 is 2.11 bits per heavy atom. The summed E-state index contributed by atoms with van der Waals surface area (Å²) < 4.78 is 5.97. The van der Waals surface area contributed by atoms with E-state index in [1.807, 2.05) is 18.2 Å². The smallest absolute Gasteiger partial charge is 0.125 e. The molecule has 0 spiro atoms. The molecule has 2 rings (SSSR count). The number of rotatable bonds is 6. The Morgan fingerprint density at radius 3 is 2.83 bits per heavy atom. The number of ether oxygens (including phenoxy) is 1. The second-order valence-corrected chi connectivity index (χ2v) is 5.37. The number of benzene rings is 1. The molecule has 1 aliphatic carbocycles.